The maximum atomic E-state index is 13.4. The molecule has 0 heterocycles. The van der Waals surface area contributed by atoms with E-state index >= 15 is 0 Å². The lowest BCUT2D eigenvalue weighted by atomic mass is 10.2. The molecule has 0 saturated carbocycles. The van der Waals surface area contributed by atoms with Crippen molar-refractivity contribution in [1.82, 2.24) is 0 Å². The van der Waals surface area contributed by atoms with Gasteiger partial charge < -0.3 is 10.6 Å². The zero-order valence-corrected chi connectivity index (χ0v) is 10.3. The van der Waals surface area contributed by atoms with Crippen molar-refractivity contribution in [2.75, 3.05) is 0 Å². The molecule has 0 aliphatic carbocycles. The van der Waals surface area contributed by atoms with E-state index in [4.69, 9.17) is 10.6 Å². The maximum Gasteiger partial charge on any atom is 0.132 e. The van der Waals surface area contributed by atoms with Crippen molar-refractivity contribution in [2.24, 2.45) is 10.9 Å². The molecule has 2 aromatic rings. The van der Waals surface area contributed by atoms with Crippen LogP contribution in [-0.4, -0.2) is 6.21 Å². The van der Waals surface area contributed by atoms with E-state index < -0.39 is 17.5 Å². The molecule has 0 radical (unpaired) electrons. The van der Waals surface area contributed by atoms with E-state index in [0.717, 1.165) is 18.2 Å². The molecule has 0 saturated heterocycles. The van der Waals surface area contributed by atoms with E-state index in [0.29, 0.717) is 5.56 Å². The first-order valence-corrected chi connectivity index (χ1v) is 5.69. The topological polar surface area (TPSA) is 47.6 Å². The Kier molecular flexibility index (Phi) is 4.24. The molecule has 0 aliphatic rings. The molecule has 2 aromatic carbocycles. The molecule has 104 valence electrons. The molecular weight excluding hydrogens is 269 g/mol. The summed E-state index contributed by atoms with van der Waals surface area (Å²) in [5.74, 6) is 3.30. The van der Waals surface area contributed by atoms with Crippen molar-refractivity contribution < 1.29 is 17.9 Å². The monoisotopic (exact) mass is 280 g/mol. The van der Waals surface area contributed by atoms with E-state index in [1.807, 2.05) is 0 Å². The number of halogens is 3. The molecule has 0 aromatic heterocycles. The Balaban J connectivity index is 2.20. The largest absolute Gasteiger partial charge is 0.488 e. The SMILES string of the molecule is NN=Cc1ccc(F)cc1OCc1ccc(F)cc1F. The lowest BCUT2D eigenvalue weighted by Crippen LogP contribution is -2.02. The van der Waals surface area contributed by atoms with Gasteiger partial charge in [0.2, 0.25) is 0 Å². The second-order valence-electron chi connectivity index (χ2n) is 3.98. The van der Waals surface area contributed by atoms with E-state index in [1.165, 1.54) is 24.4 Å². The van der Waals surface area contributed by atoms with Gasteiger partial charge in [0.1, 0.15) is 29.8 Å². The molecular formula is C14H11F3N2O. The van der Waals surface area contributed by atoms with Crippen LogP contribution in [0.3, 0.4) is 0 Å². The number of hydrazone groups is 1. The van der Waals surface area contributed by atoms with Crippen molar-refractivity contribution in [3.8, 4) is 5.75 Å². The zero-order chi connectivity index (χ0) is 14.5. The van der Waals surface area contributed by atoms with Gasteiger partial charge in [0.15, 0.2) is 0 Å². The Labute approximate surface area is 113 Å². The predicted molar refractivity (Wildman–Crippen MR) is 68.9 cm³/mol. The van der Waals surface area contributed by atoms with Gasteiger partial charge in [-0.05, 0) is 24.3 Å². The summed E-state index contributed by atoms with van der Waals surface area (Å²) in [6.07, 6.45) is 1.29. The molecule has 20 heavy (non-hydrogen) atoms. The molecule has 0 fully saturated rings. The first-order chi connectivity index (χ1) is 9.60. The summed E-state index contributed by atoms with van der Waals surface area (Å²) in [4.78, 5) is 0. The summed E-state index contributed by atoms with van der Waals surface area (Å²) in [7, 11) is 0. The van der Waals surface area contributed by atoms with Crippen LogP contribution in [0.15, 0.2) is 41.5 Å². The Bertz CT molecular complexity index is 644. The van der Waals surface area contributed by atoms with E-state index in [9.17, 15) is 13.2 Å². The van der Waals surface area contributed by atoms with Gasteiger partial charge in [-0.3, -0.25) is 0 Å². The van der Waals surface area contributed by atoms with Crippen LogP contribution in [0.2, 0.25) is 0 Å². The number of nitrogens with two attached hydrogens (primary N) is 1. The summed E-state index contributed by atoms with van der Waals surface area (Å²) in [6, 6.07) is 6.94. The average molecular weight is 280 g/mol. The summed E-state index contributed by atoms with van der Waals surface area (Å²) in [6.45, 7) is -0.166. The van der Waals surface area contributed by atoms with Crippen LogP contribution in [0.1, 0.15) is 11.1 Å². The molecule has 0 amide bonds. The molecule has 0 aliphatic heterocycles. The van der Waals surface area contributed by atoms with Crippen LogP contribution in [0, 0.1) is 17.5 Å². The minimum absolute atomic E-state index is 0.159. The summed E-state index contributed by atoms with van der Waals surface area (Å²) in [5.41, 5.74) is 0.614. The zero-order valence-electron chi connectivity index (χ0n) is 10.3. The van der Waals surface area contributed by atoms with Crippen LogP contribution in [0.25, 0.3) is 0 Å². The Hall–Kier alpha value is -2.50. The molecule has 2 N–H and O–H groups in total. The fraction of sp³-hybridized carbons (Fsp3) is 0.0714. The summed E-state index contributed by atoms with van der Waals surface area (Å²) in [5, 5.41) is 3.33. The molecule has 6 heteroatoms. The maximum absolute atomic E-state index is 13.4. The van der Waals surface area contributed by atoms with Gasteiger partial charge in [-0.15, -0.1) is 0 Å². The standard InChI is InChI=1S/C14H11F3N2O/c15-11-4-2-10(13(17)5-11)8-20-14-6-12(16)3-1-9(14)7-19-18/h1-7H,8,18H2. The van der Waals surface area contributed by atoms with E-state index in [2.05, 4.69) is 5.10 Å². The number of nitrogens with zero attached hydrogens (tertiary/aromatic N) is 1. The van der Waals surface area contributed by atoms with Crippen molar-refractivity contribution in [3.05, 3.63) is 65.0 Å². The molecule has 0 spiro atoms. The highest BCUT2D eigenvalue weighted by Gasteiger charge is 2.08. The minimum Gasteiger partial charge on any atom is -0.488 e. The van der Waals surface area contributed by atoms with Gasteiger partial charge in [0.05, 0.1) is 6.21 Å². The first kappa shape index (κ1) is 13.9. The third kappa shape index (κ3) is 3.28. The Morgan fingerprint density at radius 2 is 1.75 bits per heavy atom. The van der Waals surface area contributed by atoms with Gasteiger partial charge in [-0.2, -0.15) is 5.10 Å². The molecule has 0 bridgehead atoms. The number of hydrogen-bond acceptors (Lipinski definition) is 3. The average Bonchev–Trinajstić information content (AvgIpc) is 2.41. The lowest BCUT2D eigenvalue weighted by Gasteiger charge is -2.10. The highest BCUT2D eigenvalue weighted by atomic mass is 19.1. The van der Waals surface area contributed by atoms with Crippen molar-refractivity contribution in [2.45, 2.75) is 6.61 Å². The molecule has 2 rings (SSSR count). The molecule has 3 nitrogen and oxygen atoms in total. The second kappa shape index (κ2) is 6.10. The van der Waals surface area contributed by atoms with Crippen LogP contribution in [0.5, 0.6) is 5.75 Å². The van der Waals surface area contributed by atoms with Gasteiger partial charge in [-0.25, -0.2) is 13.2 Å². The van der Waals surface area contributed by atoms with Crippen LogP contribution in [0.4, 0.5) is 13.2 Å². The Morgan fingerprint density at radius 1 is 1.05 bits per heavy atom. The van der Waals surface area contributed by atoms with E-state index in [1.54, 1.807) is 0 Å². The normalized spacial score (nSPS) is 10.9. The highest BCUT2D eigenvalue weighted by Crippen LogP contribution is 2.20. The van der Waals surface area contributed by atoms with E-state index in [-0.39, 0.29) is 17.9 Å². The lowest BCUT2D eigenvalue weighted by molar-refractivity contribution is 0.297. The van der Waals surface area contributed by atoms with Gasteiger partial charge in [0, 0.05) is 23.3 Å². The van der Waals surface area contributed by atoms with Crippen LogP contribution in [-0.2, 0) is 6.61 Å². The van der Waals surface area contributed by atoms with Gasteiger partial charge >= 0.3 is 0 Å². The minimum atomic E-state index is -0.726. The summed E-state index contributed by atoms with van der Waals surface area (Å²) >= 11 is 0. The number of ether oxygens (including phenoxy) is 1. The fourth-order valence-corrected chi connectivity index (χ4v) is 1.61. The number of benzene rings is 2. The smallest absolute Gasteiger partial charge is 0.132 e. The second-order valence-corrected chi connectivity index (χ2v) is 3.98. The van der Waals surface area contributed by atoms with Crippen molar-refractivity contribution >= 4 is 6.21 Å². The van der Waals surface area contributed by atoms with Crippen molar-refractivity contribution in [1.29, 1.82) is 0 Å². The van der Waals surface area contributed by atoms with Gasteiger partial charge in [-0.1, -0.05) is 0 Å². The molecule has 0 unspecified atom stereocenters. The first-order valence-electron chi connectivity index (χ1n) is 5.69. The number of hydrogen-bond donors (Lipinski definition) is 1. The summed E-state index contributed by atoms with van der Waals surface area (Å²) < 4.78 is 44.7. The Morgan fingerprint density at radius 3 is 2.45 bits per heavy atom. The number of rotatable bonds is 4. The molecule has 0 atom stereocenters. The highest BCUT2D eigenvalue weighted by molar-refractivity contribution is 5.83. The van der Waals surface area contributed by atoms with Crippen LogP contribution < -0.4 is 10.6 Å². The van der Waals surface area contributed by atoms with Crippen LogP contribution >= 0.6 is 0 Å². The third-order valence-corrected chi connectivity index (χ3v) is 2.59. The van der Waals surface area contributed by atoms with Gasteiger partial charge in [0.25, 0.3) is 0 Å². The third-order valence-electron chi connectivity index (χ3n) is 2.59. The van der Waals surface area contributed by atoms with Crippen molar-refractivity contribution in [3.63, 3.8) is 0 Å². The fourth-order valence-electron chi connectivity index (χ4n) is 1.61. The predicted octanol–water partition coefficient (Wildman–Crippen LogP) is 2.98. The quantitative estimate of drug-likeness (QED) is 0.531.